The van der Waals surface area contributed by atoms with Gasteiger partial charge in [0.25, 0.3) is 0 Å². The minimum Gasteiger partial charge on any atom is -0.495 e. The smallest absolute Gasteiger partial charge is 0.142 e. The van der Waals surface area contributed by atoms with E-state index in [1.807, 2.05) is 32.0 Å². The summed E-state index contributed by atoms with van der Waals surface area (Å²) in [6.45, 7) is 4.56. The third-order valence-corrected chi connectivity index (χ3v) is 3.14. The van der Waals surface area contributed by atoms with Gasteiger partial charge in [-0.15, -0.1) is 0 Å². The van der Waals surface area contributed by atoms with E-state index in [-0.39, 0.29) is 5.82 Å². The third kappa shape index (κ3) is 3.25. The van der Waals surface area contributed by atoms with E-state index in [2.05, 4.69) is 5.32 Å². The van der Waals surface area contributed by atoms with Crippen molar-refractivity contribution >= 4 is 5.69 Å². The highest BCUT2D eigenvalue weighted by atomic mass is 19.1. The van der Waals surface area contributed by atoms with Gasteiger partial charge in [-0.25, -0.2) is 4.39 Å². The summed E-state index contributed by atoms with van der Waals surface area (Å²) in [4.78, 5) is 0. The molecule has 0 saturated carbocycles. The summed E-state index contributed by atoms with van der Waals surface area (Å²) in [5.41, 5.74) is 4.07. The standard InChI is InChI=1S/C16H18FNO/c1-11-4-7-15(16(8-11)19-3)18-10-13-9-14(17)6-5-12(13)2/h4-9,18H,10H2,1-3H3. The Kier molecular flexibility index (Phi) is 4.05. The van der Waals surface area contributed by atoms with Crippen LogP contribution in [-0.2, 0) is 6.54 Å². The fourth-order valence-corrected chi connectivity index (χ4v) is 1.97. The molecule has 0 aliphatic heterocycles. The molecule has 0 spiro atoms. The van der Waals surface area contributed by atoms with Crippen molar-refractivity contribution < 1.29 is 9.13 Å². The maximum atomic E-state index is 13.2. The molecule has 0 atom stereocenters. The van der Waals surface area contributed by atoms with E-state index in [1.54, 1.807) is 19.2 Å². The summed E-state index contributed by atoms with van der Waals surface area (Å²) in [5.74, 6) is 0.590. The zero-order chi connectivity index (χ0) is 13.8. The summed E-state index contributed by atoms with van der Waals surface area (Å²) in [5, 5.41) is 3.28. The first-order valence-electron chi connectivity index (χ1n) is 6.23. The predicted molar refractivity (Wildman–Crippen MR) is 76.2 cm³/mol. The van der Waals surface area contributed by atoms with Crippen molar-refractivity contribution in [2.45, 2.75) is 20.4 Å². The second-order valence-corrected chi connectivity index (χ2v) is 4.63. The summed E-state index contributed by atoms with van der Waals surface area (Å²) < 4.78 is 18.6. The molecule has 0 bridgehead atoms. The molecule has 0 radical (unpaired) electrons. The molecule has 0 aromatic heterocycles. The lowest BCUT2D eigenvalue weighted by Gasteiger charge is -2.13. The van der Waals surface area contributed by atoms with Crippen LogP contribution in [0.25, 0.3) is 0 Å². The van der Waals surface area contributed by atoms with E-state index in [1.165, 1.54) is 6.07 Å². The Morgan fingerprint density at radius 2 is 1.89 bits per heavy atom. The molecule has 100 valence electrons. The molecule has 3 heteroatoms. The number of benzene rings is 2. The second kappa shape index (κ2) is 5.74. The highest BCUT2D eigenvalue weighted by Crippen LogP contribution is 2.26. The van der Waals surface area contributed by atoms with Crippen LogP contribution in [0.15, 0.2) is 36.4 Å². The van der Waals surface area contributed by atoms with Crippen molar-refractivity contribution in [3.63, 3.8) is 0 Å². The van der Waals surface area contributed by atoms with Crippen molar-refractivity contribution in [2.75, 3.05) is 12.4 Å². The van der Waals surface area contributed by atoms with Crippen LogP contribution in [0.5, 0.6) is 5.75 Å². The lowest BCUT2D eigenvalue weighted by molar-refractivity contribution is 0.416. The summed E-state index contributed by atoms with van der Waals surface area (Å²) >= 11 is 0. The minimum atomic E-state index is -0.210. The van der Waals surface area contributed by atoms with E-state index >= 15 is 0 Å². The van der Waals surface area contributed by atoms with E-state index < -0.39 is 0 Å². The number of anilines is 1. The number of hydrogen-bond acceptors (Lipinski definition) is 2. The molecule has 2 aromatic rings. The SMILES string of the molecule is COc1cc(C)ccc1NCc1cc(F)ccc1C. The molecule has 2 nitrogen and oxygen atoms in total. The Morgan fingerprint density at radius 3 is 2.63 bits per heavy atom. The van der Waals surface area contributed by atoms with E-state index in [0.717, 1.165) is 28.1 Å². The van der Waals surface area contributed by atoms with Crippen LogP contribution < -0.4 is 10.1 Å². The van der Waals surface area contributed by atoms with Crippen molar-refractivity contribution in [3.8, 4) is 5.75 Å². The Labute approximate surface area is 113 Å². The topological polar surface area (TPSA) is 21.3 Å². The maximum absolute atomic E-state index is 13.2. The van der Waals surface area contributed by atoms with Crippen LogP contribution in [-0.4, -0.2) is 7.11 Å². The first-order chi connectivity index (χ1) is 9.10. The zero-order valence-corrected chi connectivity index (χ0v) is 11.5. The van der Waals surface area contributed by atoms with Crippen LogP contribution in [0.1, 0.15) is 16.7 Å². The Morgan fingerprint density at radius 1 is 1.11 bits per heavy atom. The predicted octanol–water partition coefficient (Wildman–Crippen LogP) is 4.06. The lowest BCUT2D eigenvalue weighted by Crippen LogP contribution is -2.03. The molecule has 2 aromatic carbocycles. The first-order valence-corrected chi connectivity index (χ1v) is 6.23. The van der Waals surface area contributed by atoms with Gasteiger partial charge in [0.15, 0.2) is 0 Å². The van der Waals surface area contributed by atoms with Crippen LogP contribution in [0.2, 0.25) is 0 Å². The largest absolute Gasteiger partial charge is 0.495 e. The van der Waals surface area contributed by atoms with Crippen LogP contribution >= 0.6 is 0 Å². The van der Waals surface area contributed by atoms with E-state index in [9.17, 15) is 4.39 Å². The first kappa shape index (κ1) is 13.4. The van der Waals surface area contributed by atoms with Gasteiger partial charge in [-0.3, -0.25) is 0 Å². The van der Waals surface area contributed by atoms with Gasteiger partial charge in [-0.1, -0.05) is 12.1 Å². The number of ether oxygens (including phenoxy) is 1. The highest BCUT2D eigenvalue weighted by Gasteiger charge is 2.05. The molecule has 1 N–H and O–H groups in total. The molecule has 19 heavy (non-hydrogen) atoms. The molecular weight excluding hydrogens is 241 g/mol. The van der Waals surface area contributed by atoms with Gasteiger partial charge in [-0.2, -0.15) is 0 Å². The Balaban J connectivity index is 2.16. The molecule has 0 aliphatic rings. The number of hydrogen-bond donors (Lipinski definition) is 1. The van der Waals surface area contributed by atoms with Crippen molar-refractivity contribution in [2.24, 2.45) is 0 Å². The van der Waals surface area contributed by atoms with Crippen LogP contribution in [0.4, 0.5) is 10.1 Å². The molecule has 0 amide bonds. The number of rotatable bonds is 4. The quantitative estimate of drug-likeness (QED) is 0.894. The zero-order valence-electron chi connectivity index (χ0n) is 11.5. The van der Waals surface area contributed by atoms with E-state index in [4.69, 9.17) is 4.74 Å². The third-order valence-electron chi connectivity index (χ3n) is 3.14. The molecule has 0 heterocycles. The normalized spacial score (nSPS) is 10.3. The molecule has 0 aliphatic carbocycles. The van der Waals surface area contributed by atoms with Crippen molar-refractivity contribution in [3.05, 3.63) is 58.9 Å². The minimum absolute atomic E-state index is 0.210. The van der Waals surface area contributed by atoms with E-state index in [0.29, 0.717) is 6.54 Å². The summed E-state index contributed by atoms with van der Waals surface area (Å²) in [6, 6.07) is 10.8. The van der Waals surface area contributed by atoms with Gasteiger partial charge in [0.05, 0.1) is 12.8 Å². The fourth-order valence-electron chi connectivity index (χ4n) is 1.97. The monoisotopic (exact) mass is 259 g/mol. The van der Waals surface area contributed by atoms with Gasteiger partial charge in [-0.05, 0) is 54.8 Å². The molecule has 0 saturated heterocycles. The van der Waals surface area contributed by atoms with Crippen LogP contribution in [0.3, 0.4) is 0 Å². The average Bonchev–Trinajstić information content (AvgIpc) is 2.40. The van der Waals surface area contributed by atoms with Crippen molar-refractivity contribution in [1.29, 1.82) is 0 Å². The summed E-state index contributed by atoms with van der Waals surface area (Å²) in [7, 11) is 1.65. The van der Waals surface area contributed by atoms with Crippen molar-refractivity contribution in [1.82, 2.24) is 0 Å². The number of aryl methyl sites for hydroxylation is 2. The van der Waals surface area contributed by atoms with Gasteiger partial charge in [0.2, 0.25) is 0 Å². The Bertz CT molecular complexity index is 581. The fraction of sp³-hybridized carbons (Fsp3) is 0.250. The number of nitrogens with one attached hydrogen (secondary N) is 1. The lowest BCUT2D eigenvalue weighted by atomic mass is 10.1. The second-order valence-electron chi connectivity index (χ2n) is 4.63. The van der Waals surface area contributed by atoms with Gasteiger partial charge < -0.3 is 10.1 Å². The maximum Gasteiger partial charge on any atom is 0.142 e. The molecular formula is C16H18FNO. The highest BCUT2D eigenvalue weighted by molar-refractivity contribution is 5.58. The average molecular weight is 259 g/mol. The molecule has 0 unspecified atom stereocenters. The van der Waals surface area contributed by atoms with Crippen LogP contribution in [0, 0.1) is 19.7 Å². The summed E-state index contributed by atoms with van der Waals surface area (Å²) in [6.07, 6.45) is 0. The molecule has 0 fully saturated rings. The number of halogens is 1. The van der Waals surface area contributed by atoms with Gasteiger partial charge in [0, 0.05) is 6.54 Å². The van der Waals surface area contributed by atoms with Gasteiger partial charge >= 0.3 is 0 Å². The number of methoxy groups -OCH3 is 1. The van der Waals surface area contributed by atoms with Gasteiger partial charge in [0.1, 0.15) is 11.6 Å². The Hall–Kier alpha value is -2.03. The molecule has 2 rings (SSSR count).